The Morgan fingerprint density at radius 2 is 1.86 bits per heavy atom. The van der Waals surface area contributed by atoms with Crippen molar-refractivity contribution in [3.8, 4) is 0 Å². The van der Waals surface area contributed by atoms with Gasteiger partial charge in [0.2, 0.25) is 0 Å². The molecule has 1 atom stereocenters. The zero-order valence-electron chi connectivity index (χ0n) is 15.5. The lowest BCUT2D eigenvalue weighted by atomic mass is 10.1. The van der Waals surface area contributed by atoms with Gasteiger partial charge in [0.05, 0.1) is 6.33 Å². The molecule has 0 radical (unpaired) electrons. The largest absolute Gasteiger partial charge is 0.337 e. The summed E-state index contributed by atoms with van der Waals surface area (Å²) in [5, 5.41) is 15.8. The number of hydrogen-bond acceptors (Lipinski definition) is 4. The molecule has 0 aliphatic rings. The van der Waals surface area contributed by atoms with Crippen LogP contribution in [0.3, 0.4) is 0 Å². The second-order valence-electron chi connectivity index (χ2n) is 6.18. The molecule has 0 aliphatic carbocycles. The summed E-state index contributed by atoms with van der Waals surface area (Å²) >= 11 is 14.3. The molecule has 0 aliphatic heterocycles. The Balaban J connectivity index is 0.000000687. The molecule has 2 aromatic carbocycles. The summed E-state index contributed by atoms with van der Waals surface area (Å²) in [6, 6.07) is 16.2. The minimum Gasteiger partial charge on any atom is -0.337 e. The minimum absolute atomic E-state index is 0.500. The van der Waals surface area contributed by atoms with E-state index >= 15 is 0 Å². The Labute approximate surface area is 183 Å². The molecule has 1 N–H and O–H groups in total. The highest BCUT2D eigenvalue weighted by Gasteiger charge is 2.12. The smallest absolute Gasteiger partial charge is 0.291 e. The van der Waals surface area contributed by atoms with E-state index in [-0.39, 0.29) is 0 Å². The molecule has 0 amide bonds. The van der Waals surface area contributed by atoms with Crippen molar-refractivity contribution in [2.75, 3.05) is 0 Å². The van der Waals surface area contributed by atoms with Crippen LogP contribution < -0.4 is 0 Å². The van der Waals surface area contributed by atoms with E-state index in [0.29, 0.717) is 5.25 Å². The van der Waals surface area contributed by atoms with Gasteiger partial charge in [0.15, 0.2) is 0 Å². The molecular weight excluding hydrogens is 433 g/mol. The number of nitrogens with zero attached hydrogens (tertiary/aromatic N) is 3. The van der Waals surface area contributed by atoms with Crippen LogP contribution in [0, 0.1) is 10.1 Å². The Kier molecular flexibility index (Phi) is 9.83. The van der Waals surface area contributed by atoms with Crippen molar-refractivity contribution in [3.63, 3.8) is 0 Å². The van der Waals surface area contributed by atoms with Gasteiger partial charge in [0, 0.05) is 40.0 Å². The molecule has 1 aromatic heterocycles. The van der Waals surface area contributed by atoms with Crippen molar-refractivity contribution in [2.45, 2.75) is 30.4 Å². The van der Waals surface area contributed by atoms with E-state index in [1.165, 1.54) is 11.1 Å². The van der Waals surface area contributed by atoms with Crippen LogP contribution in [0.25, 0.3) is 0 Å². The van der Waals surface area contributed by atoms with Crippen molar-refractivity contribution in [3.05, 3.63) is 98.5 Å². The summed E-state index contributed by atoms with van der Waals surface area (Å²) in [5.41, 5.74) is 2.50. The van der Waals surface area contributed by atoms with Crippen LogP contribution in [0.2, 0.25) is 10.0 Å². The molecule has 6 nitrogen and oxygen atoms in total. The molecule has 0 spiro atoms. The molecule has 0 bridgehead atoms. The van der Waals surface area contributed by atoms with Gasteiger partial charge in [-0.25, -0.2) is 4.98 Å². The molecule has 0 fully saturated rings. The lowest BCUT2D eigenvalue weighted by Crippen LogP contribution is -2.11. The van der Waals surface area contributed by atoms with Gasteiger partial charge in [-0.3, -0.25) is 0 Å². The van der Waals surface area contributed by atoms with Gasteiger partial charge in [0.1, 0.15) is 0 Å². The van der Waals surface area contributed by atoms with Crippen LogP contribution in [-0.2, 0) is 18.7 Å². The van der Waals surface area contributed by atoms with Crippen molar-refractivity contribution < 1.29 is 10.3 Å². The predicted molar refractivity (Wildman–Crippen MR) is 117 cm³/mol. The topological polar surface area (TPSA) is 81.2 Å². The summed E-state index contributed by atoms with van der Waals surface area (Å²) in [6.07, 6.45) is 7.80. The molecule has 3 rings (SSSR count). The van der Waals surface area contributed by atoms with Crippen LogP contribution in [0.1, 0.15) is 17.5 Å². The van der Waals surface area contributed by atoms with E-state index in [2.05, 4.69) is 27.8 Å². The van der Waals surface area contributed by atoms with Crippen LogP contribution in [0.4, 0.5) is 0 Å². The number of halogens is 2. The summed E-state index contributed by atoms with van der Waals surface area (Å²) in [5.74, 6) is 0.919. The Hall–Kier alpha value is -2.22. The molecular formula is C20H21Cl2N3O3S. The first-order chi connectivity index (χ1) is 13.9. The molecule has 29 heavy (non-hydrogen) atoms. The first-order valence-electron chi connectivity index (χ1n) is 8.82. The van der Waals surface area contributed by atoms with Gasteiger partial charge < -0.3 is 9.77 Å². The van der Waals surface area contributed by atoms with E-state index in [4.69, 9.17) is 38.5 Å². The highest BCUT2D eigenvalue weighted by molar-refractivity contribution is 7.99. The van der Waals surface area contributed by atoms with Crippen LogP contribution in [0.5, 0.6) is 0 Å². The zero-order chi connectivity index (χ0) is 21.1. The van der Waals surface area contributed by atoms with Gasteiger partial charge in [-0.2, -0.15) is 11.8 Å². The number of aromatic nitrogens is 2. The van der Waals surface area contributed by atoms with Crippen molar-refractivity contribution in [2.24, 2.45) is 0 Å². The fourth-order valence-electron chi connectivity index (χ4n) is 2.66. The number of imidazole rings is 1. The fraction of sp³-hybridized carbons (Fsp3) is 0.250. The lowest BCUT2D eigenvalue weighted by molar-refractivity contribution is -0.742. The summed E-state index contributed by atoms with van der Waals surface area (Å²) in [6.45, 7) is 0.966. The second-order valence-corrected chi connectivity index (χ2v) is 8.31. The second kappa shape index (κ2) is 12.4. The maximum atomic E-state index is 8.36. The number of aryl methyl sites for hydroxylation is 1. The number of hydrogen-bond donors (Lipinski definition) is 1. The third-order valence-corrected chi connectivity index (χ3v) is 6.05. The number of thioether (sulfide) groups is 1. The average Bonchev–Trinajstić information content (AvgIpc) is 3.20. The van der Waals surface area contributed by atoms with Crippen molar-refractivity contribution in [1.29, 1.82) is 0 Å². The quantitative estimate of drug-likeness (QED) is 0.345. The zero-order valence-corrected chi connectivity index (χ0v) is 17.9. The Bertz CT molecular complexity index is 873. The molecule has 9 heteroatoms. The van der Waals surface area contributed by atoms with Crippen LogP contribution in [-0.4, -0.2) is 25.1 Å². The maximum absolute atomic E-state index is 8.36. The third-order valence-electron chi connectivity index (χ3n) is 4.08. The first kappa shape index (κ1) is 23.1. The third kappa shape index (κ3) is 9.21. The maximum Gasteiger partial charge on any atom is 0.291 e. The van der Waals surface area contributed by atoms with Gasteiger partial charge in [-0.05, 0) is 42.2 Å². The van der Waals surface area contributed by atoms with Crippen LogP contribution in [0.15, 0.2) is 67.3 Å². The predicted octanol–water partition coefficient (Wildman–Crippen LogP) is 5.78. The molecule has 0 saturated heterocycles. The van der Waals surface area contributed by atoms with Gasteiger partial charge >= 0.3 is 0 Å². The normalized spacial score (nSPS) is 11.4. The summed E-state index contributed by atoms with van der Waals surface area (Å²) in [4.78, 5) is 12.5. The number of benzene rings is 2. The van der Waals surface area contributed by atoms with E-state index < -0.39 is 5.09 Å². The van der Waals surface area contributed by atoms with Crippen molar-refractivity contribution in [1.82, 2.24) is 9.55 Å². The Morgan fingerprint density at radius 3 is 2.48 bits per heavy atom. The van der Waals surface area contributed by atoms with Gasteiger partial charge in [0.25, 0.3) is 5.09 Å². The fourth-order valence-corrected chi connectivity index (χ4v) is 4.32. The SMILES string of the molecule is Clc1ccc(CC(CCn2ccnc2)SCc2ccccc2Cl)cc1.O=[N+]([O-])O. The standard InChI is InChI=1S/C20H20Cl2N2S.HNO3/c21-18-7-5-16(6-8-18)13-19(9-11-24-12-10-23-15-24)25-14-17-3-1-2-4-20(17)22;2-1(3)4/h1-8,10,12,15,19H,9,11,13-14H2;(H,2,3,4). The van der Waals surface area contributed by atoms with Gasteiger partial charge in [-0.15, -0.1) is 10.1 Å². The highest BCUT2D eigenvalue weighted by Crippen LogP contribution is 2.28. The first-order valence-corrected chi connectivity index (χ1v) is 10.6. The molecule has 1 heterocycles. The molecule has 1 unspecified atom stereocenters. The van der Waals surface area contributed by atoms with Crippen molar-refractivity contribution >= 4 is 35.0 Å². The van der Waals surface area contributed by atoms with E-state index in [0.717, 1.165) is 35.2 Å². The van der Waals surface area contributed by atoms with Gasteiger partial charge in [-0.1, -0.05) is 53.5 Å². The summed E-state index contributed by atoms with van der Waals surface area (Å²) in [7, 11) is 0. The summed E-state index contributed by atoms with van der Waals surface area (Å²) < 4.78 is 2.13. The van der Waals surface area contributed by atoms with Crippen LogP contribution >= 0.6 is 35.0 Å². The molecule has 3 aromatic rings. The lowest BCUT2D eigenvalue weighted by Gasteiger charge is -2.18. The average molecular weight is 454 g/mol. The van der Waals surface area contributed by atoms with E-state index in [9.17, 15) is 0 Å². The van der Waals surface area contributed by atoms with E-state index in [1.54, 1.807) is 0 Å². The monoisotopic (exact) mass is 453 g/mol. The number of rotatable bonds is 8. The van der Waals surface area contributed by atoms with E-state index in [1.807, 2.05) is 60.8 Å². The molecule has 154 valence electrons. The molecule has 0 saturated carbocycles. The Morgan fingerprint density at radius 1 is 1.17 bits per heavy atom. The highest BCUT2D eigenvalue weighted by atomic mass is 35.5. The minimum atomic E-state index is -1.50.